The van der Waals surface area contributed by atoms with Crippen LogP contribution < -0.4 is 5.32 Å². The quantitative estimate of drug-likeness (QED) is 0.424. The Morgan fingerprint density at radius 1 is 0.800 bits per heavy atom. The average molecular weight is 440 g/mol. The molecular weight excluding hydrogens is 414 g/mol. The molecule has 3 rings (SSSR count). The molecule has 2 N–H and O–H groups in total. The highest BCUT2D eigenvalue weighted by Crippen LogP contribution is 2.22. The summed E-state index contributed by atoms with van der Waals surface area (Å²) in [6.07, 6.45) is -1.24. The van der Waals surface area contributed by atoms with Crippen molar-refractivity contribution in [3.05, 3.63) is 96.6 Å². The maximum Gasteiger partial charge on any atom is 0.407 e. The van der Waals surface area contributed by atoms with E-state index in [1.54, 1.807) is 23.5 Å². The highest BCUT2D eigenvalue weighted by Gasteiger charge is 2.22. The fraction of sp³-hybridized carbons (Fsp3) is 0.208. The first-order valence-corrected chi connectivity index (χ1v) is 11.7. The van der Waals surface area contributed by atoms with Crippen molar-refractivity contribution in [1.29, 1.82) is 0 Å². The second-order valence-corrected chi connectivity index (χ2v) is 8.81. The molecule has 1 amide bonds. The molecule has 2 atom stereocenters. The summed E-state index contributed by atoms with van der Waals surface area (Å²) in [7, 11) is 0. The Bertz CT molecular complexity index is 879. The molecule has 3 aromatic carbocycles. The predicted octanol–water partition coefficient (Wildman–Crippen LogP) is 5.23. The highest BCUT2D eigenvalue weighted by atomic mass is 32.2. The van der Waals surface area contributed by atoms with Gasteiger partial charge in [-0.15, -0.1) is 23.5 Å². The molecular formula is C24H25NO3S2. The summed E-state index contributed by atoms with van der Waals surface area (Å²) in [6.45, 7) is 0.195. The first-order chi connectivity index (χ1) is 14.7. The molecule has 0 aliphatic rings. The normalized spacial score (nSPS) is 12.7. The largest absolute Gasteiger partial charge is 0.445 e. The molecule has 0 saturated carbocycles. The lowest BCUT2D eigenvalue weighted by Crippen LogP contribution is -2.46. The van der Waals surface area contributed by atoms with E-state index in [-0.39, 0.29) is 6.61 Å². The summed E-state index contributed by atoms with van der Waals surface area (Å²) < 4.78 is 5.35. The van der Waals surface area contributed by atoms with Crippen molar-refractivity contribution < 1.29 is 14.6 Å². The lowest BCUT2D eigenvalue weighted by Gasteiger charge is -2.23. The van der Waals surface area contributed by atoms with Crippen molar-refractivity contribution in [2.45, 2.75) is 28.5 Å². The third kappa shape index (κ3) is 7.78. The van der Waals surface area contributed by atoms with Gasteiger partial charge in [-0.3, -0.25) is 0 Å². The number of hydrogen-bond acceptors (Lipinski definition) is 5. The standard InChI is InChI=1S/C24H25NO3S2/c26-23(18-30-21-14-8-3-9-15-21)22(17-29-20-12-6-2-7-13-20)25-24(27)28-16-19-10-4-1-5-11-19/h1-15,22-23,26H,16-18H2,(H,25,27)/t22-,23?/m0/s1. The van der Waals surface area contributed by atoms with Gasteiger partial charge in [-0.1, -0.05) is 66.7 Å². The molecule has 4 nitrogen and oxygen atoms in total. The van der Waals surface area contributed by atoms with Gasteiger partial charge >= 0.3 is 6.09 Å². The molecule has 0 radical (unpaired) electrons. The van der Waals surface area contributed by atoms with Crippen molar-refractivity contribution in [2.75, 3.05) is 11.5 Å². The van der Waals surface area contributed by atoms with Crippen molar-refractivity contribution in [2.24, 2.45) is 0 Å². The van der Waals surface area contributed by atoms with Gasteiger partial charge in [0.25, 0.3) is 0 Å². The molecule has 0 bridgehead atoms. The summed E-state index contributed by atoms with van der Waals surface area (Å²) in [5.41, 5.74) is 0.919. The van der Waals surface area contributed by atoms with Crippen LogP contribution >= 0.6 is 23.5 Å². The minimum absolute atomic E-state index is 0.195. The van der Waals surface area contributed by atoms with Gasteiger partial charge in [-0.05, 0) is 29.8 Å². The Balaban J connectivity index is 1.56. The van der Waals surface area contributed by atoms with E-state index in [1.165, 1.54) is 0 Å². The second-order valence-electron chi connectivity index (χ2n) is 6.63. The number of aliphatic hydroxyl groups is 1. The van der Waals surface area contributed by atoms with E-state index in [9.17, 15) is 9.90 Å². The van der Waals surface area contributed by atoms with Crippen molar-refractivity contribution in [3.8, 4) is 0 Å². The Morgan fingerprint density at radius 3 is 1.87 bits per heavy atom. The summed E-state index contributed by atoms with van der Waals surface area (Å²) in [5.74, 6) is 1.02. The lowest BCUT2D eigenvalue weighted by atomic mass is 10.2. The molecule has 0 saturated heterocycles. The van der Waals surface area contributed by atoms with Crippen LogP contribution in [-0.4, -0.2) is 34.9 Å². The van der Waals surface area contributed by atoms with E-state index < -0.39 is 18.2 Å². The fourth-order valence-corrected chi connectivity index (χ4v) is 4.65. The Hall–Kier alpha value is -2.41. The number of carbonyl (C=O) groups excluding carboxylic acids is 1. The van der Waals surface area contributed by atoms with Crippen LogP contribution in [0.25, 0.3) is 0 Å². The van der Waals surface area contributed by atoms with Crippen LogP contribution in [0.5, 0.6) is 0 Å². The number of alkyl carbamates (subject to hydrolysis) is 1. The molecule has 0 heterocycles. The van der Waals surface area contributed by atoms with Crippen molar-refractivity contribution in [3.63, 3.8) is 0 Å². The van der Waals surface area contributed by atoms with Crippen LogP contribution in [-0.2, 0) is 11.3 Å². The van der Waals surface area contributed by atoms with Crippen LogP contribution in [0.15, 0.2) is 101 Å². The minimum Gasteiger partial charge on any atom is -0.445 e. The number of thioether (sulfide) groups is 2. The molecule has 1 unspecified atom stereocenters. The van der Waals surface area contributed by atoms with Crippen molar-refractivity contribution >= 4 is 29.6 Å². The van der Waals surface area contributed by atoms with E-state index in [0.29, 0.717) is 11.5 Å². The molecule has 0 aliphatic carbocycles. The first-order valence-electron chi connectivity index (χ1n) is 9.71. The van der Waals surface area contributed by atoms with E-state index >= 15 is 0 Å². The molecule has 0 aromatic heterocycles. The zero-order valence-electron chi connectivity index (χ0n) is 16.5. The summed E-state index contributed by atoms with van der Waals surface area (Å²) >= 11 is 3.16. The zero-order chi connectivity index (χ0) is 21.0. The summed E-state index contributed by atoms with van der Waals surface area (Å²) in [4.78, 5) is 14.5. The van der Waals surface area contributed by atoms with Crippen molar-refractivity contribution in [1.82, 2.24) is 5.32 Å². The van der Waals surface area contributed by atoms with Gasteiger partial charge in [-0.25, -0.2) is 4.79 Å². The zero-order valence-corrected chi connectivity index (χ0v) is 18.1. The lowest BCUT2D eigenvalue weighted by molar-refractivity contribution is 0.116. The molecule has 0 fully saturated rings. The van der Waals surface area contributed by atoms with Crippen LogP contribution in [0.2, 0.25) is 0 Å². The Labute approximate surface area is 186 Å². The molecule has 156 valence electrons. The number of hydrogen-bond donors (Lipinski definition) is 2. The molecule has 0 spiro atoms. The smallest absolute Gasteiger partial charge is 0.407 e. The number of amides is 1. The number of rotatable bonds is 10. The SMILES string of the molecule is O=C(N[C@@H](CSc1ccccc1)C(O)CSc1ccccc1)OCc1ccccc1. The average Bonchev–Trinajstić information content (AvgIpc) is 2.81. The maximum atomic E-state index is 12.4. The van der Waals surface area contributed by atoms with Crippen LogP contribution in [0, 0.1) is 0 Å². The van der Waals surface area contributed by atoms with Gasteiger partial charge in [0.1, 0.15) is 6.61 Å². The Morgan fingerprint density at radius 2 is 1.30 bits per heavy atom. The Kier molecular flexibility index (Phi) is 9.15. The van der Waals surface area contributed by atoms with Crippen LogP contribution in [0.1, 0.15) is 5.56 Å². The number of nitrogens with one attached hydrogen (secondary N) is 1. The van der Waals surface area contributed by atoms with Gasteiger partial charge < -0.3 is 15.2 Å². The maximum absolute atomic E-state index is 12.4. The topological polar surface area (TPSA) is 58.6 Å². The van der Waals surface area contributed by atoms with Gasteiger partial charge in [0.15, 0.2) is 0 Å². The van der Waals surface area contributed by atoms with Gasteiger partial charge in [0, 0.05) is 21.3 Å². The van der Waals surface area contributed by atoms with Crippen LogP contribution in [0.4, 0.5) is 4.79 Å². The molecule has 6 heteroatoms. The fourth-order valence-electron chi connectivity index (χ4n) is 2.68. The molecule has 3 aromatic rings. The third-order valence-corrected chi connectivity index (χ3v) is 6.56. The number of benzene rings is 3. The highest BCUT2D eigenvalue weighted by molar-refractivity contribution is 7.99. The van der Waals surface area contributed by atoms with E-state index in [2.05, 4.69) is 5.32 Å². The minimum atomic E-state index is -0.712. The number of ether oxygens (including phenoxy) is 1. The first kappa shape index (κ1) is 22.3. The van der Waals surface area contributed by atoms with Gasteiger partial charge in [-0.2, -0.15) is 0 Å². The third-order valence-electron chi connectivity index (χ3n) is 4.32. The monoisotopic (exact) mass is 439 g/mol. The molecule has 0 aliphatic heterocycles. The van der Waals surface area contributed by atoms with E-state index in [4.69, 9.17) is 4.74 Å². The predicted molar refractivity (Wildman–Crippen MR) is 124 cm³/mol. The summed E-state index contributed by atoms with van der Waals surface area (Å²) in [6, 6.07) is 28.9. The number of carbonyl (C=O) groups is 1. The second kappa shape index (κ2) is 12.3. The van der Waals surface area contributed by atoms with E-state index in [0.717, 1.165) is 15.4 Å². The molecule has 30 heavy (non-hydrogen) atoms. The van der Waals surface area contributed by atoms with Gasteiger partial charge in [0.2, 0.25) is 0 Å². The number of aliphatic hydroxyl groups excluding tert-OH is 1. The van der Waals surface area contributed by atoms with Gasteiger partial charge in [0.05, 0.1) is 12.1 Å². The summed E-state index contributed by atoms with van der Waals surface area (Å²) in [5, 5.41) is 13.6. The van der Waals surface area contributed by atoms with Crippen LogP contribution in [0.3, 0.4) is 0 Å². The van der Waals surface area contributed by atoms with E-state index in [1.807, 2.05) is 91.0 Å².